The van der Waals surface area contributed by atoms with Crippen LogP contribution in [0.2, 0.25) is 5.02 Å². The van der Waals surface area contributed by atoms with Crippen LogP contribution in [0.5, 0.6) is 5.88 Å². The van der Waals surface area contributed by atoms with Gasteiger partial charge >= 0.3 is 0 Å². The lowest BCUT2D eigenvalue weighted by molar-refractivity contribution is 0.317. The summed E-state index contributed by atoms with van der Waals surface area (Å²) in [4.78, 5) is 7.18. The quantitative estimate of drug-likeness (QED) is 0.872. The van der Waals surface area contributed by atoms with Gasteiger partial charge in [-0.05, 0) is 31.2 Å². The number of nitrogen functional groups attached to an aromatic ring is 2. The number of hydrogen-bond acceptors (Lipinski definition) is 7. The second-order valence-electron chi connectivity index (χ2n) is 3.99. The number of halogens is 1. The number of benzene rings is 1. The number of ether oxygens (including phenoxy) is 1. The highest BCUT2D eigenvalue weighted by Crippen LogP contribution is 2.32. The number of sulfone groups is 1. The highest BCUT2D eigenvalue weighted by atomic mass is 35.5. The molecule has 9 heteroatoms. The zero-order valence-corrected chi connectivity index (χ0v) is 12.6. The molecule has 0 unspecified atom stereocenters. The molecule has 0 atom stereocenters. The molecule has 0 radical (unpaired) electrons. The molecule has 0 aliphatic heterocycles. The van der Waals surface area contributed by atoms with E-state index >= 15 is 0 Å². The summed E-state index contributed by atoms with van der Waals surface area (Å²) in [6, 6.07) is 5.65. The van der Waals surface area contributed by atoms with Gasteiger partial charge in [0.1, 0.15) is 0 Å². The second kappa shape index (κ2) is 5.74. The van der Waals surface area contributed by atoms with Gasteiger partial charge in [0.15, 0.2) is 10.7 Å². The molecule has 7 nitrogen and oxygen atoms in total. The normalized spacial score (nSPS) is 11.3. The van der Waals surface area contributed by atoms with Crippen molar-refractivity contribution >= 4 is 33.2 Å². The SMILES string of the molecule is CCOc1nc(N)nc(N)c1S(=O)(=O)c1ccc(Cl)cc1. The predicted molar refractivity (Wildman–Crippen MR) is 78.9 cm³/mol. The van der Waals surface area contributed by atoms with Crippen molar-refractivity contribution < 1.29 is 13.2 Å². The van der Waals surface area contributed by atoms with Crippen LogP contribution >= 0.6 is 11.6 Å². The van der Waals surface area contributed by atoms with E-state index in [1.807, 2.05) is 0 Å². The summed E-state index contributed by atoms with van der Waals surface area (Å²) in [5.74, 6) is -0.593. The number of anilines is 2. The van der Waals surface area contributed by atoms with E-state index in [-0.39, 0.29) is 34.0 Å². The Morgan fingerprint density at radius 3 is 2.38 bits per heavy atom. The smallest absolute Gasteiger partial charge is 0.240 e. The van der Waals surface area contributed by atoms with Crippen LogP contribution in [0.3, 0.4) is 0 Å². The van der Waals surface area contributed by atoms with E-state index in [0.717, 1.165) is 0 Å². The Kier molecular flexibility index (Phi) is 4.19. The molecule has 4 N–H and O–H groups in total. The van der Waals surface area contributed by atoms with Crippen molar-refractivity contribution in [3.8, 4) is 5.88 Å². The lowest BCUT2D eigenvalue weighted by Gasteiger charge is -2.12. The van der Waals surface area contributed by atoms with Crippen LogP contribution in [0.15, 0.2) is 34.1 Å². The lowest BCUT2D eigenvalue weighted by atomic mass is 10.4. The van der Waals surface area contributed by atoms with Crippen molar-refractivity contribution in [2.75, 3.05) is 18.1 Å². The van der Waals surface area contributed by atoms with Crippen molar-refractivity contribution in [3.63, 3.8) is 0 Å². The van der Waals surface area contributed by atoms with Crippen molar-refractivity contribution in [1.82, 2.24) is 9.97 Å². The molecule has 0 saturated heterocycles. The first-order chi connectivity index (χ1) is 9.86. The fourth-order valence-corrected chi connectivity index (χ4v) is 3.19. The minimum Gasteiger partial charge on any atom is -0.477 e. The summed E-state index contributed by atoms with van der Waals surface area (Å²) in [7, 11) is -3.95. The molecule has 0 aliphatic rings. The fraction of sp³-hybridized carbons (Fsp3) is 0.167. The zero-order valence-electron chi connectivity index (χ0n) is 11.1. The van der Waals surface area contributed by atoms with Crippen molar-refractivity contribution in [3.05, 3.63) is 29.3 Å². The molecular formula is C12H13ClN4O3S. The van der Waals surface area contributed by atoms with Gasteiger partial charge in [-0.25, -0.2) is 8.42 Å². The Labute approximate surface area is 126 Å². The third-order valence-electron chi connectivity index (χ3n) is 2.55. The molecule has 1 aromatic heterocycles. The molecular weight excluding hydrogens is 316 g/mol. The first-order valence-electron chi connectivity index (χ1n) is 5.92. The van der Waals surface area contributed by atoms with Gasteiger partial charge in [-0.3, -0.25) is 0 Å². The Bertz CT molecular complexity index is 763. The molecule has 0 saturated carbocycles. The van der Waals surface area contributed by atoms with Gasteiger partial charge in [0.05, 0.1) is 11.5 Å². The summed E-state index contributed by atoms with van der Waals surface area (Å²) in [6.07, 6.45) is 0. The third kappa shape index (κ3) is 3.01. The molecule has 0 bridgehead atoms. The average Bonchev–Trinajstić information content (AvgIpc) is 2.38. The van der Waals surface area contributed by atoms with Gasteiger partial charge in [-0.15, -0.1) is 0 Å². The highest BCUT2D eigenvalue weighted by Gasteiger charge is 2.28. The van der Waals surface area contributed by atoms with Gasteiger partial charge in [-0.1, -0.05) is 11.6 Å². The second-order valence-corrected chi connectivity index (χ2v) is 6.31. The molecule has 1 aromatic carbocycles. The fourth-order valence-electron chi connectivity index (χ4n) is 1.68. The molecule has 2 rings (SSSR count). The average molecular weight is 329 g/mol. The van der Waals surface area contributed by atoms with E-state index in [9.17, 15) is 8.42 Å². The van der Waals surface area contributed by atoms with Crippen LogP contribution in [0.1, 0.15) is 6.92 Å². The monoisotopic (exact) mass is 328 g/mol. The highest BCUT2D eigenvalue weighted by molar-refractivity contribution is 7.91. The number of rotatable bonds is 4. The van der Waals surface area contributed by atoms with Gasteiger partial charge in [0, 0.05) is 5.02 Å². The maximum absolute atomic E-state index is 12.6. The van der Waals surface area contributed by atoms with Crippen LogP contribution in [0.4, 0.5) is 11.8 Å². The maximum Gasteiger partial charge on any atom is 0.240 e. The standard InChI is InChI=1S/C12H13ClN4O3S/c1-2-20-11-9(10(14)16-12(15)17-11)21(18,19)8-5-3-7(13)4-6-8/h3-6H,2H2,1H3,(H4,14,15,16,17). The van der Waals surface area contributed by atoms with Crippen molar-refractivity contribution in [2.24, 2.45) is 0 Å². The summed E-state index contributed by atoms with van der Waals surface area (Å²) in [6.45, 7) is 1.90. The first kappa shape index (κ1) is 15.3. The number of nitrogens with two attached hydrogens (primary N) is 2. The summed E-state index contributed by atoms with van der Waals surface area (Å²) < 4.78 is 30.5. The summed E-state index contributed by atoms with van der Waals surface area (Å²) in [5, 5.41) is 0.417. The number of aromatic nitrogens is 2. The predicted octanol–water partition coefficient (Wildman–Crippen LogP) is 1.53. The molecule has 0 fully saturated rings. The molecule has 112 valence electrons. The van der Waals surface area contributed by atoms with E-state index in [0.29, 0.717) is 5.02 Å². The lowest BCUT2D eigenvalue weighted by Crippen LogP contribution is -2.13. The van der Waals surface area contributed by atoms with Crippen LogP contribution in [0.25, 0.3) is 0 Å². The van der Waals surface area contributed by atoms with Crippen LogP contribution in [-0.4, -0.2) is 25.0 Å². The molecule has 0 aliphatic carbocycles. The van der Waals surface area contributed by atoms with Crippen LogP contribution in [-0.2, 0) is 9.84 Å². The first-order valence-corrected chi connectivity index (χ1v) is 7.78. The minimum atomic E-state index is -3.95. The topological polar surface area (TPSA) is 121 Å². The van der Waals surface area contributed by atoms with Gasteiger partial charge < -0.3 is 16.2 Å². The molecule has 2 aromatic rings. The third-order valence-corrected chi connectivity index (χ3v) is 4.62. The van der Waals surface area contributed by atoms with Crippen LogP contribution < -0.4 is 16.2 Å². The van der Waals surface area contributed by atoms with Crippen LogP contribution in [0, 0.1) is 0 Å². The van der Waals surface area contributed by atoms with E-state index in [2.05, 4.69) is 9.97 Å². The van der Waals surface area contributed by atoms with E-state index in [4.69, 9.17) is 27.8 Å². The Hall–Kier alpha value is -2.06. The van der Waals surface area contributed by atoms with Crippen molar-refractivity contribution in [2.45, 2.75) is 16.7 Å². The Morgan fingerprint density at radius 1 is 1.19 bits per heavy atom. The van der Waals surface area contributed by atoms with E-state index in [1.54, 1.807) is 6.92 Å². The summed E-state index contributed by atoms with van der Waals surface area (Å²) >= 11 is 5.76. The molecule has 1 heterocycles. The van der Waals surface area contributed by atoms with Gasteiger partial charge in [0.25, 0.3) is 0 Å². The van der Waals surface area contributed by atoms with E-state index < -0.39 is 9.84 Å². The summed E-state index contributed by atoms with van der Waals surface area (Å²) in [5.41, 5.74) is 11.2. The zero-order chi connectivity index (χ0) is 15.6. The molecule has 0 spiro atoms. The molecule has 0 amide bonds. The Balaban J connectivity index is 2.66. The van der Waals surface area contributed by atoms with E-state index in [1.165, 1.54) is 24.3 Å². The van der Waals surface area contributed by atoms with Gasteiger partial charge in [-0.2, -0.15) is 9.97 Å². The largest absolute Gasteiger partial charge is 0.477 e. The maximum atomic E-state index is 12.6. The Morgan fingerprint density at radius 2 is 1.81 bits per heavy atom. The number of nitrogens with zero attached hydrogens (tertiary/aromatic N) is 2. The molecule has 21 heavy (non-hydrogen) atoms. The number of hydrogen-bond donors (Lipinski definition) is 2. The van der Waals surface area contributed by atoms with Gasteiger partial charge in [0.2, 0.25) is 21.7 Å². The van der Waals surface area contributed by atoms with Crippen molar-refractivity contribution in [1.29, 1.82) is 0 Å². The minimum absolute atomic E-state index is 0.00734.